The summed E-state index contributed by atoms with van der Waals surface area (Å²) in [5.41, 5.74) is 4.15. The van der Waals surface area contributed by atoms with Crippen LogP contribution in [0.3, 0.4) is 0 Å². The molecule has 0 unspecified atom stereocenters. The summed E-state index contributed by atoms with van der Waals surface area (Å²) >= 11 is 5.29. The molecule has 0 atom stereocenters. The summed E-state index contributed by atoms with van der Waals surface area (Å²) in [6.07, 6.45) is 1.62. The molecule has 1 aliphatic heterocycles. The smallest absolute Gasteiger partial charge is 0.241 e. The van der Waals surface area contributed by atoms with Crippen LogP contribution < -0.4 is 5.32 Å². The fourth-order valence-corrected chi connectivity index (χ4v) is 5.74. The normalized spacial score (nSPS) is 14.5. The lowest BCUT2D eigenvalue weighted by atomic mass is 9.95. The summed E-state index contributed by atoms with van der Waals surface area (Å²) in [5, 5.41) is 7.29. The third-order valence-electron chi connectivity index (χ3n) is 6.57. The van der Waals surface area contributed by atoms with Crippen LogP contribution in [-0.4, -0.2) is 34.0 Å². The lowest BCUT2D eigenvalue weighted by Crippen LogP contribution is -2.37. The van der Waals surface area contributed by atoms with E-state index in [0.717, 1.165) is 53.0 Å². The molecule has 2 heterocycles. The number of nitrogens with one attached hydrogen (secondary N) is 1. The van der Waals surface area contributed by atoms with E-state index in [9.17, 15) is 4.79 Å². The first-order valence-corrected chi connectivity index (χ1v) is 14.2. The first kappa shape index (κ1) is 25.7. The zero-order chi connectivity index (χ0) is 25.6. The number of hydrogen-bond donors (Lipinski definition) is 1. The predicted molar refractivity (Wildman–Crippen MR) is 151 cm³/mol. The molecule has 0 spiro atoms. The van der Waals surface area contributed by atoms with Gasteiger partial charge >= 0.3 is 0 Å². The molecule has 4 aromatic rings. The molecular formula is C29H29BrN4O2S. The number of halogens is 1. The van der Waals surface area contributed by atoms with Crippen LogP contribution in [0, 0.1) is 12.8 Å². The Morgan fingerprint density at radius 3 is 2.65 bits per heavy atom. The zero-order valence-electron chi connectivity index (χ0n) is 20.7. The number of aromatic nitrogens is 2. The molecule has 1 aromatic heterocycles. The number of carbonyl (C=O) groups excluding carboxylic acids is 1. The molecule has 0 bridgehead atoms. The summed E-state index contributed by atoms with van der Waals surface area (Å²) in [4.78, 5) is 21.1. The molecule has 1 aliphatic rings. The molecular weight excluding hydrogens is 548 g/mol. The highest BCUT2D eigenvalue weighted by Crippen LogP contribution is 2.27. The van der Waals surface area contributed by atoms with Crippen molar-refractivity contribution in [1.29, 1.82) is 0 Å². The van der Waals surface area contributed by atoms with Gasteiger partial charge in [-0.25, -0.2) is 0 Å². The van der Waals surface area contributed by atoms with Crippen molar-refractivity contribution in [2.45, 2.75) is 37.0 Å². The van der Waals surface area contributed by atoms with E-state index >= 15 is 0 Å². The molecule has 1 amide bonds. The number of thioether (sulfide) groups is 1. The highest BCUT2D eigenvalue weighted by Gasteiger charge is 2.26. The number of likely N-dealkylation sites (tertiary alicyclic amines) is 1. The maximum atomic E-state index is 13.0. The van der Waals surface area contributed by atoms with Gasteiger partial charge < -0.3 is 9.84 Å². The SMILES string of the molecule is Cc1cc(CSc2ccccc2)ccc1NC(=O)C1CCN(Cc2nc(-c3cccc(Br)c3)no2)CC1. The van der Waals surface area contributed by atoms with Gasteiger partial charge in [-0.1, -0.05) is 63.6 Å². The van der Waals surface area contributed by atoms with Crippen molar-refractivity contribution in [2.24, 2.45) is 5.92 Å². The second-order valence-electron chi connectivity index (χ2n) is 9.31. The minimum Gasteiger partial charge on any atom is -0.338 e. The van der Waals surface area contributed by atoms with Gasteiger partial charge in [0.1, 0.15) is 0 Å². The van der Waals surface area contributed by atoms with Crippen molar-refractivity contribution in [1.82, 2.24) is 15.0 Å². The van der Waals surface area contributed by atoms with Crippen molar-refractivity contribution in [3.63, 3.8) is 0 Å². The van der Waals surface area contributed by atoms with E-state index in [1.54, 1.807) is 0 Å². The van der Waals surface area contributed by atoms with Crippen LogP contribution in [0.25, 0.3) is 11.4 Å². The number of benzene rings is 3. The first-order valence-electron chi connectivity index (χ1n) is 12.4. The van der Waals surface area contributed by atoms with Gasteiger partial charge in [0, 0.05) is 32.3 Å². The van der Waals surface area contributed by atoms with E-state index in [4.69, 9.17) is 4.52 Å². The lowest BCUT2D eigenvalue weighted by molar-refractivity contribution is -0.121. The minimum absolute atomic E-state index is 0.00359. The van der Waals surface area contributed by atoms with Crippen molar-refractivity contribution < 1.29 is 9.32 Å². The van der Waals surface area contributed by atoms with Crippen LogP contribution in [0.4, 0.5) is 5.69 Å². The number of nitrogens with zero attached hydrogens (tertiary/aromatic N) is 3. The van der Waals surface area contributed by atoms with Crippen LogP contribution in [0.15, 0.2) is 86.7 Å². The van der Waals surface area contributed by atoms with Gasteiger partial charge in [-0.05, 0) is 74.3 Å². The van der Waals surface area contributed by atoms with Gasteiger partial charge in [0.25, 0.3) is 0 Å². The fourth-order valence-electron chi connectivity index (χ4n) is 4.48. The largest absolute Gasteiger partial charge is 0.338 e. The van der Waals surface area contributed by atoms with Gasteiger partial charge in [0.05, 0.1) is 6.54 Å². The molecule has 0 aliphatic carbocycles. The van der Waals surface area contributed by atoms with Crippen LogP contribution >= 0.6 is 27.7 Å². The summed E-state index contributed by atoms with van der Waals surface area (Å²) in [5.74, 6) is 2.19. The Morgan fingerprint density at radius 1 is 1.08 bits per heavy atom. The quantitative estimate of drug-likeness (QED) is 0.229. The molecule has 6 nitrogen and oxygen atoms in total. The summed E-state index contributed by atoms with van der Waals surface area (Å²) < 4.78 is 6.46. The number of aryl methyl sites for hydroxylation is 1. The van der Waals surface area contributed by atoms with Crippen molar-refractivity contribution in [3.8, 4) is 11.4 Å². The summed E-state index contributed by atoms with van der Waals surface area (Å²) in [6.45, 7) is 4.29. The highest BCUT2D eigenvalue weighted by atomic mass is 79.9. The number of piperidine rings is 1. The van der Waals surface area contributed by atoms with E-state index in [-0.39, 0.29) is 11.8 Å². The van der Waals surface area contributed by atoms with Crippen LogP contribution in [-0.2, 0) is 17.1 Å². The molecule has 0 saturated carbocycles. The molecule has 1 saturated heterocycles. The zero-order valence-corrected chi connectivity index (χ0v) is 23.1. The molecule has 1 N–H and O–H groups in total. The van der Waals surface area contributed by atoms with Gasteiger partial charge in [0.15, 0.2) is 0 Å². The second kappa shape index (κ2) is 12.1. The third kappa shape index (κ3) is 6.89. The Morgan fingerprint density at radius 2 is 1.89 bits per heavy atom. The van der Waals surface area contributed by atoms with Gasteiger partial charge in [-0.3, -0.25) is 9.69 Å². The summed E-state index contributed by atoms with van der Waals surface area (Å²) in [7, 11) is 0. The second-order valence-corrected chi connectivity index (χ2v) is 11.3. The number of hydrogen-bond acceptors (Lipinski definition) is 6. The average Bonchev–Trinajstić information content (AvgIpc) is 3.38. The van der Waals surface area contributed by atoms with Crippen LogP contribution in [0.5, 0.6) is 0 Å². The average molecular weight is 578 g/mol. The lowest BCUT2D eigenvalue weighted by Gasteiger charge is -2.30. The molecule has 8 heteroatoms. The molecule has 190 valence electrons. The first-order chi connectivity index (χ1) is 18.0. The summed E-state index contributed by atoms with van der Waals surface area (Å²) in [6, 6.07) is 24.5. The maximum Gasteiger partial charge on any atom is 0.241 e. The highest BCUT2D eigenvalue weighted by molar-refractivity contribution is 9.10. The van der Waals surface area contributed by atoms with Gasteiger partial charge in [-0.2, -0.15) is 4.98 Å². The van der Waals surface area contributed by atoms with E-state index in [2.05, 4.69) is 79.6 Å². The van der Waals surface area contributed by atoms with E-state index in [1.165, 1.54) is 10.5 Å². The monoisotopic (exact) mass is 576 g/mol. The van der Waals surface area contributed by atoms with Crippen LogP contribution in [0.1, 0.15) is 29.9 Å². The predicted octanol–water partition coefficient (Wildman–Crippen LogP) is 6.95. The van der Waals surface area contributed by atoms with E-state index in [1.807, 2.05) is 48.2 Å². The van der Waals surface area contributed by atoms with Crippen molar-refractivity contribution in [2.75, 3.05) is 18.4 Å². The molecule has 3 aromatic carbocycles. The Kier molecular flexibility index (Phi) is 8.38. The van der Waals surface area contributed by atoms with Crippen molar-refractivity contribution in [3.05, 3.63) is 94.3 Å². The number of carbonyl (C=O) groups is 1. The van der Waals surface area contributed by atoms with Gasteiger partial charge in [-0.15, -0.1) is 11.8 Å². The van der Waals surface area contributed by atoms with E-state index < -0.39 is 0 Å². The third-order valence-corrected chi connectivity index (χ3v) is 8.14. The molecule has 37 heavy (non-hydrogen) atoms. The Hall–Kier alpha value is -2.94. The Bertz CT molecular complexity index is 1350. The molecule has 1 fully saturated rings. The number of rotatable bonds is 8. The Balaban J connectivity index is 1.10. The fraction of sp³-hybridized carbons (Fsp3) is 0.276. The van der Waals surface area contributed by atoms with Gasteiger partial charge in [0.2, 0.25) is 17.6 Å². The van der Waals surface area contributed by atoms with Crippen molar-refractivity contribution >= 4 is 39.3 Å². The number of anilines is 1. The topological polar surface area (TPSA) is 71.3 Å². The number of amides is 1. The van der Waals surface area contributed by atoms with E-state index in [0.29, 0.717) is 18.3 Å². The Labute approximate surface area is 230 Å². The standard InChI is InChI=1S/C29H29BrN4O2S/c1-20-16-21(19-37-25-8-3-2-4-9-25)10-11-26(20)31-29(35)22-12-14-34(15-13-22)18-27-32-28(33-36-27)23-6-5-7-24(30)17-23/h2-11,16-17,22H,12-15,18-19H2,1H3,(H,31,35). The van der Waals surface area contributed by atoms with Crippen LogP contribution in [0.2, 0.25) is 0 Å². The molecule has 0 radical (unpaired) electrons. The minimum atomic E-state index is 0.00359. The maximum absolute atomic E-state index is 13.0. The molecule has 5 rings (SSSR count).